The van der Waals surface area contributed by atoms with E-state index in [1.807, 2.05) is 7.05 Å². The van der Waals surface area contributed by atoms with Gasteiger partial charge in [0.2, 0.25) is 0 Å². The molecule has 0 unspecified atom stereocenters. The number of rotatable bonds is 4. The third kappa shape index (κ3) is 3.31. The maximum Gasteiger partial charge on any atom is 0.122 e. The van der Waals surface area contributed by atoms with E-state index >= 15 is 0 Å². The molecule has 17 heavy (non-hydrogen) atoms. The van der Waals surface area contributed by atoms with E-state index in [1.54, 1.807) is 6.26 Å². The van der Waals surface area contributed by atoms with Crippen LogP contribution in [-0.2, 0) is 17.8 Å². The summed E-state index contributed by atoms with van der Waals surface area (Å²) in [5, 5.41) is 3.13. The Morgan fingerprint density at radius 1 is 1.35 bits per heavy atom. The van der Waals surface area contributed by atoms with Gasteiger partial charge in [0, 0.05) is 25.2 Å². The van der Waals surface area contributed by atoms with Crippen LogP contribution in [0, 0.1) is 0 Å². The standard InChI is InChI=1S/C13H22N2O2/c1-10-7-15(8-11(2)17-10)9-12-4-5-16-13(12)6-14-3/h4-5,10-11,14H,6-9H2,1-3H3/t10-,11+. The van der Waals surface area contributed by atoms with Gasteiger partial charge in [0.25, 0.3) is 0 Å². The van der Waals surface area contributed by atoms with Crippen LogP contribution in [0.1, 0.15) is 25.2 Å². The Labute approximate surface area is 103 Å². The second-order valence-corrected chi connectivity index (χ2v) is 4.85. The van der Waals surface area contributed by atoms with E-state index in [1.165, 1.54) is 5.56 Å². The molecule has 1 aromatic heterocycles. The van der Waals surface area contributed by atoms with Crippen LogP contribution < -0.4 is 5.32 Å². The number of hydrogen-bond acceptors (Lipinski definition) is 4. The van der Waals surface area contributed by atoms with Gasteiger partial charge in [0.05, 0.1) is 25.0 Å². The normalized spacial score (nSPS) is 26.3. The summed E-state index contributed by atoms with van der Waals surface area (Å²) in [5.41, 5.74) is 1.28. The molecule has 0 radical (unpaired) electrons. The van der Waals surface area contributed by atoms with Crippen LogP contribution in [0.5, 0.6) is 0 Å². The van der Waals surface area contributed by atoms with Gasteiger partial charge in [-0.25, -0.2) is 0 Å². The molecule has 0 aliphatic carbocycles. The average molecular weight is 238 g/mol. The van der Waals surface area contributed by atoms with E-state index in [-0.39, 0.29) is 0 Å². The Bertz CT molecular complexity index is 341. The average Bonchev–Trinajstić information content (AvgIpc) is 2.65. The lowest BCUT2D eigenvalue weighted by Crippen LogP contribution is -2.44. The summed E-state index contributed by atoms with van der Waals surface area (Å²) >= 11 is 0. The van der Waals surface area contributed by atoms with Gasteiger partial charge < -0.3 is 14.5 Å². The molecule has 4 heteroatoms. The van der Waals surface area contributed by atoms with Crippen molar-refractivity contribution >= 4 is 0 Å². The largest absolute Gasteiger partial charge is 0.468 e. The van der Waals surface area contributed by atoms with E-state index in [4.69, 9.17) is 9.15 Å². The predicted octanol–water partition coefficient (Wildman–Crippen LogP) is 1.61. The van der Waals surface area contributed by atoms with E-state index in [0.717, 1.165) is 31.9 Å². The number of furan rings is 1. The molecule has 0 amide bonds. The van der Waals surface area contributed by atoms with E-state index in [2.05, 4.69) is 30.1 Å². The van der Waals surface area contributed by atoms with E-state index in [0.29, 0.717) is 12.2 Å². The van der Waals surface area contributed by atoms with Crippen molar-refractivity contribution in [1.29, 1.82) is 0 Å². The van der Waals surface area contributed by atoms with Crippen molar-refractivity contribution in [1.82, 2.24) is 10.2 Å². The summed E-state index contributed by atoms with van der Waals surface area (Å²) < 4.78 is 11.2. The van der Waals surface area contributed by atoms with E-state index in [9.17, 15) is 0 Å². The smallest absolute Gasteiger partial charge is 0.122 e. The Morgan fingerprint density at radius 3 is 2.71 bits per heavy atom. The fraction of sp³-hybridized carbons (Fsp3) is 0.692. The Hall–Kier alpha value is -0.840. The van der Waals surface area contributed by atoms with Crippen molar-refractivity contribution in [2.45, 2.75) is 39.1 Å². The zero-order valence-electron chi connectivity index (χ0n) is 10.9. The lowest BCUT2D eigenvalue weighted by Gasteiger charge is -2.35. The van der Waals surface area contributed by atoms with Crippen LogP contribution in [0.15, 0.2) is 16.7 Å². The molecular formula is C13H22N2O2. The monoisotopic (exact) mass is 238 g/mol. The van der Waals surface area contributed by atoms with Gasteiger partial charge in [-0.05, 0) is 27.0 Å². The Balaban J connectivity index is 1.97. The molecule has 1 aromatic rings. The summed E-state index contributed by atoms with van der Waals surface area (Å²) in [5.74, 6) is 1.04. The third-order valence-electron chi connectivity index (χ3n) is 3.06. The Morgan fingerprint density at radius 2 is 2.06 bits per heavy atom. The zero-order valence-corrected chi connectivity index (χ0v) is 10.9. The minimum absolute atomic E-state index is 0.318. The van der Waals surface area contributed by atoms with Crippen LogP contribution in [0.4, 0.5) is 0 Å². The molecule has 2 atom stereocenters. The highest BCUT2D eigenvalue weighted by molar-refractivity contribution is 5.17. The molecule has 0 bridgehead atoms. The van der Waals surface area contributed by atoms with Crippen molar-refractivity contribution in [2.75, 3.05) is 20.1 Å². The molecule has 1 fully saturated rings. The molecule has 2 heterocycles. The van der Waals surface area contributed by atoms with Crippen LogP contribution in [0.3, 0.4) is 0 Å². The first-order valence-corrected chi connectivity index (χ1v) is 6.26. The first kappa shape index (κ1) is 12.6. The van der Waals surface area contributed by atoms with Gasteiger partial charge in [-0.3, -0.25) is 4.90 Å². The first-order chi connectivity index (χ1) is 8.19. The van der Waals surface area contributed by atoms with Crippen LogP contribution in [0.25, 0.3) is 0 Å². The summed E-state index contributed by atoms with van der Waals surface area (Å²) in [6.07, 6.45) is 2.41. The van der Waals surface area contributed by atoms with Crippen LogP contribution >= 0.6 is 0 Å². The van der Waals surface area contributed by atoms with Gasteiger partial charge in [-0.15, -0.1) is 0 Å². The van der Waals surface area contributed by atoms with Crippen LogP contribution in [0.2, 0.25) is 0 Å². The molecule has 1 aliphatic heterocycles. The topological polar surface area (TPSA) is 37.6 Å². The van der Waals surface area contributed by atoms with Gasteiger partial charge in [-0.1, -0.05) is 0 Å². The molecule has 1 N–H and O–H groups in total. The summed E-state index contributed by atoms with van der Waals surface area (Å²) in [7, 11) is 1.94. The zero-order chi connectivity index (χ0) is 12.3. The number of nitrogens with one attached hydrogen (secondary N) is 1. The predicted molar refractivity (Wildman–Crippen MR) is 66.8 cm³/mol. The van der Waals surface area contributed by atoms with Crippen molar-refractivity contribution in [3.05, 3.63) is 23.7 Å². The number of nitrogens with zero attached hydrogens (tertiary/aromatic N) is 1. The van der Waals surface area contributed by atoms with Gasteiger partial charge >= 0.3 is 0 Å². The summed E-state index contributed by atoms with van der Waals surface area (Å²) in [6, 6.07) is 2.07. The maximum atomic E-state index is 5.74. The highest BCUT2D eigenvalue weighted by Crippen LogP contribution is 2.17. The maximum absolute atomic E-state index is 5.74. The molecular weight excluding hydrogens is 216 g/mol. The number of morpholine rings is 1. The van der Waals surface area contributed by atoms with Crippen LogP contribution in [-0.4, -0.2) is 37.2 Å². The highest BCUT2D eigenvalue weighted by Gasteiger charge is 2.23. The molecule has 1 saturated heterocycles. The number of ether oxygens (including phenoxy) is 1. The fourth-order valence-electron chi connectivity index (χ4n) is 2.48. The second-order valence-electron chi connectivity index (χ2n) is 4.85. The molecule has 4 nitrogen and oxygen atoms in total. The van der Waals surface area contributed by atoms with Gasteiger partial charge in [-0.2, -0.15) is 0 Å². The fourth-order valence-corrected chi connectivity index (χ4v) is 2.48. The highest BCUT2D eigenvalue weighted by atomic mass is 16.5. The lowest BCUT2D eigenvalue weighted by atomic mass is 10.2. The van der Waals surface area contributed by atoms with Crippen molar-refractivity contribution < 1.29 is 9.15 Å². The SMILES string of the molecule is CNCc1occc1CN1C[C@@H](C)O[C@@H](C)C1. The van der Waals surface area contributed by atoms with Crippen molar-refractivity contribution in [3.8, 4) is 0 Å². The minimum Gasteiger partial charge on any atom is -0.468 e. The number of hydrogen-bond donors (Lipinski definition) is 1. The molecule has 2 rings (SSSR count). The Kier molecular flexibility index (Phi) is 4.20. The molecule has 1 aliphatic rings. The first-order valence-electron chi connectivity index (χ1n) is 6.26. The lowest BCUT2D eigenvalue weighted by molar-refractivity contribution is -0.0706. The quantitative estimate of drug-likeness (QED) is 0.864. The minimum atomic E-state index is 0.318. The van der Waals surface area contributed by atoms with Crippen molar-refractivity contribution in [2.24, 2.45) is 0 Å². The molecule has 96 valence electrons. The molecule has 0 aromatic carbocycles. The van der Waals surface area contributed by atoms with Gasteiger partial charge in [0.15, 0.2) is 0 Å². The van der Waals surface area contributed by atoms with E-state index < -0.39 is 0 Å². The summed E-state index contributed by atoms with van der Waals surface area (Å²) in [6.45, 7) is 7.99. The van der Waals surface area contributed by atoms with Crippen molar-refractivity contribution in [3.63, 3.8) is 0 Å². The molecule has 0 spiro atoms. The third-order valence-corrected chi connectivity index (χ3v) is 3.06. The summed E-state index contributed by atoms with van der Waals surface area (Å²) in [4.78, 5) is 2.43. The van der Waals surface area contributed by atoms with Gasteiger partial charge in [0.1, 0.15) is 5.76 Å². The molecule has 0 saturated carbocycles. The second kappa shape index (κ2) is 5.67.